The highest BCUT2D eigenvalue weighted by Crippen LogP contribution is 2.30. The average molecular weight is 347 g/mol. The number of carbonyl (C=O) groups excluding carboxylic acids is 1. The first-order chi connectivity index (χ1) is 11.7. The van der Waals surface area contributed by atoms with E-state index in [0.29, 0.717) is 12.0 Å². The second-order valence-corrected chi connectivity index (χ2v) is 6.69. The Morgan fingerprint density at radius 1 is 1.38 bits per heavy atom. The number of esters is 1. The summed E-state index contributed by atoms with van der Waals surface area (Å²) in [6.45, 7) is 4.63. The van der Waals surface area contributed by atoms with Gasteiger partial charge in [0.15, 0.2) is 0 Å². The highest BCUT2D eigenvalue weighted by Gasteiger charge is 2.17. The van der Waals surface area contributed by atoms with Gasteiger partial charge in [-0.3, -0.25) is 4.90 Å². The summed E-state index contributed by atoms with van der Waals surface area (Å²) in [5.74, 6) is 1.68. The van der Waals surface area contributed by atoms with Crippen LogP contribution in [-0.2, 0) is 16.1 Å². The summed E-state index contributed by atoms with van der Waals surface area (Å²) in [5.41, 5.74) is 1.99. The lowest BCUT2D eigenvalue weighted by atomic mass is 10.1. The van der Waals surface area contributed by atoms with E-state index in [1.165, 1.54) is 17.6 Å². The van der Waals surface area contributed by atoms with Crippen LogP contribution >= 0.6 is 11.8 Å². The summed E-state index contributed by atoms with van der Waals surface area (Å²) < 4.78 is 10.2. The molecule has 1 aromatic carbocycles. The molecule has 1 aliphatic rings. The Bertz CT molecular complexity index is 625. The normalized spacial score (nSPS) is 15.9. The van der Waals surface area contributed by atoms with Crippen LogP contribution in [0, 0.1) is 0 Å². The number of rotatable bonds is 6. The molecule has 0 amide bonds. The molecule has 5 heteroatoms. The summed E-state index contributed by atoms with van der Waals surface area (Å²) in [5, 5.41) is 0. The molecule has 0 saturated carbocycles. The molecule has 1 aliphatic heterocycles. The van der Waals surface area contributed by atoms with Crippen molar-refractivity contribution in [2.45, 2.75) is 24.8 Å². The van der Waals surface area contributed by atoms with Crippen molar-refractivity contribution in [3.63, 3.8) is 0 Å². The topological polar surface area (TPSA) is 38.8 Å². The van der Waals surface area contributed by atoms with E-state index in [1.807, 2.05) is 43.0 Å². The number of methoxy groups -OCH3 is 2. The summed E-state index contributed by atoms with van der Waals surface area (Å²) in [6.07, 6.45) is 6.31. The van der Waals surface area contributed by atoms with Gasteiger partial charge in [0, 0.05) is 35.9 Å². The van der Waals surface area contributed by atoms with E-state index in [9.17, 15) is 4.79 Å². The van der Waals surface area contributed by atoms with Crippen molar-refractivity contribution in [1.29, 1.82) is 0 Å². The zero-order valence-electron chi connectivity index (χ0n) is 14.6. The molecule has 0 radical (unpaired) electrons. The van der Waals surface area contributed by atoms with E-state index >= 15 is 0 Å². The maximum absolute atomic E-state index is 11.9. The molecule has 4 nitrogen and oxygen atoms in total. The molecule has 0 aromatic heterocycles. The minimum absolute atomic E-state index is 0.251. The maximum atomic E-state index is 11.9. The minimum atomic E-state index is -0.251. The van der Waals surface area contributed by atoms with Crippen molar-refractivity contribution in [3.05, 3.63) is 47.6 Å². The van der Waals surface area contributed by atoms with E-state index in [0.717, 1.165) is 31.1 Å². The van der Waals surface area contributed by atoms with Crippen LogP contribution < -0.4 is 4.74 Å². The summed E-state index contributed by atoms with van der Waals surface area (Å²) in [4.78, 5) is 15.6. The first kappa shape index (κ1) is 18.6. The second kappa shape index (κ2) is 9.55. The number of hydrogen-bond donors (Lipinski definition) is 0. The molecule has 0 unspecified atom stereocenters. The van der Waals surface area contributed by atoms with Gasteiger partial charge < -0.3 is 9.47 Å². The molecular weight excluding hydrogens is 322 g/mol. The van der Waals surface area contributed by atoms with Gasteiger partial charge in [0.25, 0.3) is 0 Å². The molecule has 1 heterocycles. The molecule has 2 rings (SSSR count). The Morgan fingerprint density at radius 3 is 2.92 bits per heavy atom. The van der Waals surface area contributed by atoms with Crippen molar-refractivity contribution in [2.75, 3.05) is 33.1 Å². The Balaban J connectivity index is 2.05. The highest BCUT2D eigenvalue weighted by molar-refractivity contribution is 7.99. The number of thioether (sulfide) groups is 1. The molecule has 24 heavy (non-hydrogen) atoms. The Morgan fingerprint density at radius 2 is 2.21 bits per heavy atom. The van der Waals surface area contributed by atoms with Gasteiger partial charge >= 0.3 is 5.97 Å². The number of nitrogens with zero attached hydrogens (tertiary/aromatic N) is 1. The Labute approximate surface area is 148 Å². The smallest absolute Gasteiger partial charge is 0.333 e. The number of fused-ring (bicyclic) bond motifs is 1. The fraction of sp³-hybridized carbons (Fsp3) is 0.421. The van der Waals surface area contributed by atoms with E-state index in [2.05, 4.69) is 17.0 Å². The highest BCUT2D eigenvalue weighted by atomic mass is 32.2. The van der Waals surface area contributed by atoms with Gasteiger partial charge in [-0.25, -0.2) is 4.79 Å². The van der Waals surface area contributed by atoms with Crippen LogP contribution in [0.15, 0.2) is 46.9 Å². The zero-order chi connectivity index (χ0) is 17.4. The molecule has 0 saturated heterocycles. The molecule has 1 aromatic rings. The number of carbonyl (C=O) groups is 1. The number of ether oxygens (including phenoxy) is 2. The number of benzene rings is 1. The third-order valence-electron chi connectivity index (χ3n) is 3.96. The molecule has 0 atom stereocenters. The van der Waals surface area contributed by atoms with Crippen LogP contribution in [0.5, 0.6) is 5.75 Å². The SMILES string of the molecule is CC=CC=C(CCN1CCSc2ccc(OC)cc2C1)C(=O)OC. The standard InChI is InChI=1S/C19H25NO3S/c1-4-5-6-15(19(21)23-3)9-10-20-11-12-24-18-8-7-17(22-2)13-16(18)14-20/h4-8,13H,9-12,14H2,1-3H3. The maximum Gasteiger partial charge on any atom is 0.333 e. The van der Waals surface area contributed by atoms with Gasteiger partial charge in [0.05, 0.1) is 14.2 Å². The molecule has 0 fully saturated rings. The molecular formula is C19H25NO3S. The van der Waals surface area contributed by atoms with Gasteiger partial charge in [-0.2, -0.15) is 0 Å². The lowest BCUT2D eigenvalue weighted by Gasteiger charge is -2.20. The molecule has 0 aliphatic carbocycles. The van der Waals surface area contributed by atoms with Crippen LogP contribution in [0.3, 0.4) is 0 Å². The van der Waals surface area contributed by atoms with Crippen LogP contribution in [0.2, 0.25) is 0 Å². The summed E-state index contributed by atoms with van der Waals surface area (Å²) in [6, 6.07) is 6.25. The Kier molecular flexibility index (Phi) is 7.40. The third kappa shape index (κ3) is 5.14. The van der Waals surface area contributed by atoms with Crippen molar-refractivity contribution < 1.29 is 14.3 Å². The number of hydrogen-bond acceptors (Lipinski definition) is 5. The van der Waals surface area contributed by atoms with Gasteiger partial charge in [-0.05, 0) is 37.1 Å². The fourth-order valence-electron chi connectivity index (χ4n) is 2.62. The Hall–Kier alpha value is -1.72. The van der Waals surface area contributed by atoms with E-state index < -0.39 is 0 Å². The minimum Gasteiger partial charge on any atom is -0.497 e. The van der Waals surface area contributed by atoms with E-state index in [1.54, 1.807) is 7.11 Å². The van der Waals surface area contributed by atoms with Crippen molar-refractivity contribution >= 4 is 17.7 Å². The van der Waals surface area contributed by atoms with Gasteiger partial charge in [-0.1, -0.05) is 18.2 Å². The first-order valence-electron chi connectivity index (χ1n) is 8.10. The van der Waals surface area contributed by atoms with Crippen LogP contribution in [-0.4, -0.2) is 43.9 Å². The van der Waals surface area contributed by atoms with Crippen LogP contribution in [0.1, 0.15) is 18.9 Å². The fourth-order valence-corrected chi connectivity index (χ4v) is 3.66. The predicted octanol–water partition coefficient (Wildman–Crippen LogP) is 3.67. The van der Waals surface area contributed by atoms with Crippen molar-refractivity contribution in [2.24, 2.45) is 0 Å². The molecule has 0 spiro atoms. The quantitative estimate of drug-likeness (QED) is 0.446. The summed E-state index contributed by atoms with van der Waals surface area (Å²) in [7, 11) is 3.12. The zero-order valence-corrected chi connectivity index (χ0v) is 15.4. The summed E-state index contributed by atoms with van der Waals surface area (Å²) >= 11 is 1.88. The average Bonchev–Trinajstić information content (AvgIpc) is 2.82. The lowest BCUT2D eigenvalue weighted by molar-refractivity contribution is -0.136. The first-order valence-corrected chi connectivity index (χ1v) is 9.08. The third-order valence-corrected chi connectivity index (χ3v) is 5.06. The predicted molar refractivity (Wildman–Crippen MR) is 98.5 cm³/mol. The largest absolute Gasteiger partial charge is 0.497 e. The van der Waals surface area contributed by atoms with E-state index in [4.69, 9.17) is 9.47 Å². The van der Waals surface area contributed by atoms with Gasteiger partial charge in [-0.15, -0.1) is 11.8 Å². The second-order valence-electron chi connectivity index (χ2n) is 5.56. The number of allylic oxidation sites excluding steroid dienone is 3. The van der Waals surface area contributed by atoms with Crippen molar-refractivity contribution in [3.8, 4) is 5.75 Å². The van der Waals surface area contributed by atoms with Crippen LogP contribution in [0.4, 0.5) is 0 Å². The van der Waals surface area contributed by atoms with Crippen LogP contribution in [0.25, 0.3) is 0 Å². The lowest BCUT2D eigenvalue weighted by Crippen LogP contribution is -2.26. The van der Waals surface area contributed by atoms with Crippen molar-refractivity contribution in [1.82, 2.24) is 4.90 Å². The molecule has 130 valence electrons. The molecule has 0 N–H and O–H groups in total. The van der Waals surface area contributed by atoms with Gasteiger partial charge in [0.2, 0.25) is 0 Å². The van der Waals surface area contributed by atoms with E-state index in [-0.39, 0.29) is 5.97 Å². The monoisotopic (exact) mass is 347 g/mol. The van der Waals surface area contributed by atoms with Gasteiger partial charge in [0.1, 0.15) is 5.75 Å². The molecule has 0 bridgehead atoms.